The highest BCUT2D eigenvalue weighted by Crippen LogP contribution is 2.27. The Morgan fingerprint density at radius 3 is 2.59 bits per heavy atom. The van der Waals surface area contributed by atoms with Gasteiger partial charge in [-0.25, -0.2) is 9.78 Å². The van der Waals surface area contributed by atoms with Crippen molar-refractivity contribution in [1.29, 1.82) is 0 Å². The number of rotatable bonds is 6. The molecule has 4 aromatic rings. The van der Waals surface area contributed by atoms with Gasteiger partial charge < -0.3 is 15.0 Å². The van der Waals surface area contributed by atoms with Crippen LogP contribution in [-0.4, -0.2) is 42.5 Å². The Balaban J connectivity index is 1.48. The van der Waals surface area contributed by atoms with Crippen LogP contribution >= 0.6 is 11.8 Å². The average molecular weight is 407 g/mol. The number of carbonyl (C=O) groups is 2. The number of benzene rings is 2. The number of aromatic nitrogens is 4. The van der Waals surface area contributed by atoms with Crippen LogP contribution in [0.25, 0.3) is 22.1 Å². The number of hydrogen-bond donors (Lipinski definition) is 2. The summed E-state index contributed by atoms with van der Waals surface area (Å²) in [7, 11) is 0. The number of carboxylic acids is 1. The van der Waals surface area contributed by atoms with Crippen molar-refractivity contribution in [3.05, 3.63) is 54.1 Å². The number of nitrogens with one attached hydrogen (secondary N) is 1. The molecular formula is C20H17N5O3S. The molecule has 2 aromatic heterocycles. The second-order valence-electron chi connectivity index (χ2n) is 6.25. The number of carboxylic acid groups (broad SMARTS) is 1. The van der Waals surface area contributed by atoms with Crippen molar-refractivity contribution in [2.75, 3.05) is 11.1 Å². The van der Waals surface area contributed by atoms with Crippen LogP contribution < -0.4 is 5.32 Å². The fourth-order valence-electron chi connectivity index (χ4n) is 3.09. The second-order valence-corrected chi connectivity index (χ2v) is 7.19. The van der Waals surface area contributed by atoms with Crippen LogP contribution in [0, 0.1) is 0 Å². The number of thioether (sulfide) groups is 1. The van der Waals surface area contributed by atoms with Gasteiger partial charge in [-0.2, -0.15) is 0 Å². The molecule has 0 saturated carbocycles. The van der Waals surface area contributed by atoms with Crippen LogP contribution in [-0.2, 0) is 11.3 Å². The minimum atomic E-state index is -1.01. The highest BCUT2D eigenvalue weighted by atomic mass is 32.2. The molecule has 9 heteroatoms. The molecule has 0 spiro atoms. The van der Waals surface area contributed by atoms with Crippen LogP contribution in [0.3, 0.4) is 0 Å². The van der Waals surface area contributed by atoms with Crippen LogP contribution in [0.4, 0.5) is 5.69 Å². The smallest absolute Gasteiger partial charge is 0.335 e. The van der Waals surface area contributed by atoms with Crippen LogP contribution in [0.5, 0.6) is 0 Å². The summed E-state index contributed by atoms with van der Waals surface area (Å²) in [6.07, 6.45) is 0. The Morgan fingerprint density at radius 2 is 1.86 bits per heavy atom. The molecule has 0 aliphatic rings. The van der Waals surface area contributed by atoms with Gasteiger partial charge in [0.15, 0.2) is 5.65 Å². The Kier molecular flexibility index (Phi) is 5.13. The zero-order valence-electron chi connectivity index (χ0n) is 15.5. The van der Waals surface area contributed by atoms with Crippen molar-refractivity contribution in [1.82, 2.24) is 19.7 Å². The molecular weight excluding hydrogens is 390 g/mol. The first kappa shape index (κ1) is 18.9. The molecule has 0 aliphatic heterocycles. The number of hydrogen-bond acceptors (Lipinski definition) is 6. The van der Waals surface area contributed by atoms with Gasteiger partial charge in [-0.1, -0.05) is 30.0 Å². The number of anilines is 1. The molecule has 2 heterocycles. The molecule has 0 bridgehead atoms. The first-order chi connectivity index (χ1) is 14.1. The molecule has 146 valence electrons. The van der Waals surface area contributed by atoms with E-state index in [1.165, 1.54) is 23.9 Å². The highest BCUT2D eigenvalue weighted by Gasteiger charge is 2.14. The third-order valence-electron chi connectivity index (χ3n) is 4.42. The van der Waals surface area contributed by atoms with Gasteiger partial charge >= 0.3 is 5.97 Å². The minimum Gasteiger partial charge on any atom is -0.478 e. The maximum atomic E-state index is 12.2. The van der Waals surface area contributed by atoms with E-state index in [0.29, 0.717) is 10.8 Å². The standard InChI is InChI=1S/C20H17N5O3S/c1-2-25-15-6-4-3-5-14(15)17-18(25)22-20(24-23-17)29-11-16(26)21-13-9-7-12(8-10-13)19(27)28/h3-10H,2,11H2,1H3,(H,21,26)(H,27,28). The normalized spacial score (nSPS) is 11.1. The maximum absolute atomic E-state index is 12.2. The van der Waals surface area contributed by atoms with E-state index in [9.17, 15) is 9.59 Å². The summed E-state index contributed by atoms with van der Waals surface area (Å²) in [4.78, 5) is 27.7. The van der Waals surface area contributed by atoms with Crippen molar-refractivity contribution in [2.24, 2.45) is 0 Å². The van der Waals surface area contributed by atoms with Crippen molar-refractivity contribution >= 4 is 51.4 Å². The van der Waals surface area contributed by atoms with E-state index in [1.807, 2.05) is 31.2 Å². The third-order valence-corrected chi connectivity index (χ3v) is 5.26. The van der Waals surface area contributed by atoms with Crippen LogP contribution in [0.15, 0.2) is 53.7 Å². The van der Waals surface area contributed by atoms with Crippen molar-refractivity contribution in [3.8, 4) is 0 Å². The van der Waals surface area contributed by atoms with Gasteiger partial charge in [0.25, 0.3) is 0 Å². The number of fused-ring (bicyclic) bond motifs is 3. The molecule has 29 heavy (non-hydrogen) atoms. The number of amides is 1. The van der Waals surface area contributed by atoms with Gasteiger partial charge in [-0.3, -0.25) is 4.79 Å². The Bertz CT molecular complexity index is 1220. The molecule has 0 aliphatic carbocycles. The second kappa shape index (κ2) is 7.88. The summed E-state index contributed by atoms with van der Waals surface area (Å²) in [5.41, 5.74) is 3.24. The van der Waals surface area contributed by atoms with Crippen LogP contribution in [0.2, 0.25) is 0 Å². The van der Waals surface area contributed by atoms with Crippen molar-refractivity contribution < 1.29 is 14.7 Å². The monoisotopic (exact) mass is 407 g/mol. The number of aryl methyl sites for hydroxylation is 1. The molecule has 2 N–H and O–H groups in total. The third kappa shape index (κ3) is 3.77. The molecule has 0 atom stereocenters. The Hall–Kier alpha value is -3.46. The number of carbonyl (C=O) groups excluding carboxylic acids is 1. The predicted molar refractivity (Wildman–Crippen MR) is 111 cm³/mol. The Morgan fingerprint density at radius 1 is 1.10 bits per heavy atom. The van der Waals surface area contributed by atoms with E-state index in [-0.39, 0.29) is 17.2 Å². The topological polar surface area (TPSA) is 110 Å². The first-order valence-electron chi connectivity index (χ1n) is 8.94. The van der Waals surface area contributed by atoms with Gasteiger partial charge in [0.1, 0.15) is 5.52 Å². The zero-order valence-corrected chi connectivity index (χ0v) is 16.3. The molecule has 0 radical (unpaired) electrons. The lowest BCUT2D eigenvalue weighted by atomic mass is 10.2. The number of nitrogens with zero attached hydrogens (tertiary/aromatic N) is 4. The Labute approximate surface area is 170 Å². The lowest BCUT2D eigenvalue weighted by Gasteiger charge is -2.05. The van der Waals surface area contributed by atoms with E-state index in [4.69, 9.17) is 5.11 Å². The fraction of sp³-hybridized carbons (Fsp3) is 0.150. The van der Waals surface area contributed by atoms with Gasteiger partial charge in [0, 0.05) is 17.6 Å². The lowest BCUT2D eigenvalue weighted by Crippen LogP contribution is -2.14. The van der Waals surface area contributed by atoms with Gasteiger partial charge in [0.05, 0.1) is 16.8 Å². The summed E-state index contributed by atoms with van der Waals surface area (Å²) >= 11 is 1.20. The summed E-state index contributed by atoms with van der Waals surface area (Å²) in [5.74, 6) is -1.14. The number of aromatic carboxylic acids is 1. The summed E-state index contributed by atoms with van der Waals surface area (Å²) < 4.78 is 2.08. The largest absolute Gasteiger partial charge is 0.478 e. The molecule has 2 aromatic carbocycles. The summed E-state index contributed by atoms with van der Waals surface area (Å²) in [6, 6.07) is 13.9. The molecule has 8 nitrogen and oxygen atoms in total. The molecule has 0 fully saturated rings. The van der Waals surface area contributed by atoms with E-state index in [1.54, 1.807) is 12.1 Å². The minimum absolute atomic E-state index is 0.111. The van der Waals surface area contributed by atoms with E-state index < -0.39 is 5.97 Å². The summed E-state index contributed by atoms with van der Waals surface area (Å²) in [6.45, 7) is 2.80. The van der Waals surface area contributed by atoms with Crippen LogP contribution in [0.1, 0.15) is 17.3 Å². The van der Waals surface area contributed by atoms with Crippen molar-refractivity contribution in [2.45, 2.75) is 18.6 Å². The highest BCUT2D eigenvalue weighted by molar-refractivity contribution is 7.99. The predicted octanol–water partition coefficient (Wildman–Crippen LogP) is 3.43. The van der Waals surface area contributed by atoms with E-state index in [2.05, 4.69) is 25.1 Å². The molecule has 1 amide bonds. The first-order valence-corrected chi connectivity index (χ1v) is 9.93. The average Bonchev–Trinajstić information content (AvgIpc) is 3.05. The fourth-order valence-corrected chi connectivity index (χ4v) is 3.68. The molecule has 0 unspecified atom stereocenters. The molecule has 4 rings (SSSR count). The quantitative estimate of drug-likeness (QED) is 0.471. The van der Waals surface area contributed by atoms with E-state index in [0.717, 1.165) is 28.6 Å². The van der Waals surface area contributed by atoms with Gasteiger partial charge in [0.2, 0.25) is 11.1 Å². The van der Waals surface area contributed by atoms with E-state index >= 15 is 0 Å². The molecule has 0 saturated heterocycles. The maximum Gasteiger partial charge on any atom is 0.335 e. The lowest BCUT2D eigenvalue weighted by molar-refractivity contribution is -0.113. The zero-order chi connectivity index (χ0) is 20.4. The van der Waals surface area contributed by atoms with Gasteiger partial charge in [-0.15, -0.1) is 10.2 Å². The van der Waals surface area contributed by atoms with Gasteiger partial charge in [-0.05, 0) is 37.3 Å². The number of para-hydroxylation sites is 1. The SMILES string of the molecule is CCn1c2ccccc2c2nnc(SCC(=O)Nc3ccc(C(=O)O)cc3)nc21. The van der Waals surface area contributed by atoms with Crippen molar-refractivity contribution in [3.63, 3.8) is 0 Å². The summed E-state index contributed by atoms with van der Waals surface area (Å²) in [5, 5.41) is 21.5.